The van der Waals surface area contributed by atoms with Crippen molar-refractivity contribution in [2.24, 2.45) is 0 Å². The average molecular weight is 273 g/mol. The number of carboxylic acid groups (broad SMARTS) is 1. The molecule has 0 saturated heterocycles. The Labute approximate surface area is 114 Å². The van der Waals surface area contributed by atoms with Gasteiger partial charge in [0.2, 0.25) is 0 Å². The summed E-state index contributed by atoms with van der Waals surface area (Å²) in [5, 5.41) is 18.2. The van der Waals surface area contributed by atoms with Gasteiger partial charge >= 0.3 is 5.97 Å². The number of nitrogens with zero attached hydrogens (tertiary/aromatic N) is 3. The molecule has 1 aromatic heterocycles. The maximum absolute atomic E-state index is 10.6. The number of thioether (sulfide) groups is 1. The number of aromatic nitrogens is 2. The lowest BCUT2D eigenvalue weighted by Gasteiger charge is -2.10. The van der Waals surface area contributed by atoms with E-state index in [1.54, 1.807) is 29.1 Å². The lowest BCUT2D eigenvalue weighted by Crippen LogP contribution is -2.02. The van der Waals surface area contributed by atoms with Crippen LogP contribution >= 0.6 is 11.8 Å². The normalized spacial score (nSPS) is 10.1. The lowest BCUT2D eigenvalue weighted by atomic mass is 10.1. The van der Waals surface area contributed by atoms with Gasteiger partial charge in [0.15, 0.2) is 5.16 Å². The highest BCUT2D eigenvalue weighted by Gasteiger charge is 2.10. The van der Waals surface area contributed by atoms with Crippen molar-refractivity contribution in [2.75, 3.05) is 5.75 Å². The number of rotatable bonds is 4. The molecule has 0 aliphatic rings. The minimum absolute atomic E-state index is 0.0476. The molecular weight excluding hydrogens is 262 g/mol. The van der Waals surface area contributed by atoms with Gasteiger partial charge in [-0.3, -0.25) is 9.36 Å². The fourth-order valence-corrected chi connectivity index (χ4v) is 2.33. The first-order valence-corrected chi connectivity index (χ1v) is 6.49. The van der Waals surface area contributed by atoms with E-state index in [9.17, 15) is 4.79 Å². The van der Waals surface area contributed by atoms with E-state index in [4.69, 9.17) is 10.4 Å². The smallest absolute Gasteiger partial charge is 0.313 e. The van der Waals surface area contributed by atoms with Gasteiger partial charge in [0.25, 0.3) is 0 Å². The van der Waals surface area contributed by atoms with Gasteiger partial charge in [-0.2, -0.15) is 5.26 Å². The van der Waals surface area contributed by atoms with Gasteiger partial charge in [0.05, 0.1) is 23.1 Å². The zero-order chi connectivity index (χ0) is 13.8. The van der Waals surface area contributed by atoms with E-state index in [0.717, 1.165) is 23.0 Å². The molecule has 2 aromatic rings. The monoisotopic (exact) mass is 273 g/mol. The highest BCUT2D eigenvalue weighted by Crippen LogP contribution is 2.23. The standard InChI is InChI=1S/C13H11N3O2S/c1-9-2-3-10(7-14)6-11(9)16-5-4-15-13(16)19-8-12(17)18/h2-6H,8H2,1H3,(H,17,18). The Balaban J connectivity index is 2.40. The molecule has 0 atom stereocenters. The predicted molar refractivity (Wildman–Crippen MR) is 71.4 cm³/mol. The first-order chi connectivity index (χ1) is 9.11. The van der Waals surface area contributed by atoms with Crippen molar-refractivity contribution < 1.29 is 9.90 Å². The van der Waals surface area contributed by atoms with E-state index in [-0.39, 0.29) is 5.75 Å². The first-order valence-electron chi connectivity index (χ1n) is 5.51. The summed E-state index contributed by atoms with van der Waals surface area (Å²) in [5.74, 6) is -0.935. The largest absolute Gasteiger partial charge is 0.481 e. The minimum Gasteiger partial charge on any atom is -0.481 e. The van der Waals surface area contributed by atoms with Crippen LogP contribution < -0.4 is 0 Å². The summed E-state index contributed by atoms with van der Waals surface area (Å²) < 4.78 is 1.80. The molecular formula is C13H11N3O2S. The maximum Gasteiger partial charge on any atom is 0.313 e. The Morgan fingerprint density at radius 3 is 3.05 bits per heavy atom. The molecule has 19 heavy (non-hydrogen) atoms. The van der Waals surface area contributed by atoms with Crippen molar-refractivity contribution in [3.8, 4) is 11.8 Å². The summed E-state index contributed by atoms with van der Waals surface area (Å²) in [6, 6.07) is 7.47. The average Bonchev–Trinajstić information content (AvgIpc) is 2.85. The van der Waals surface area contributed by atoms with Crippen LogP contribution in [0, 0.1) is 18.3 Å². The van der Waals surface area contributed by atoms with Gasteiger partial charge in [-0.25, -0.2) is 4.98 Å². The van der Waals surface area contributed by atoms with Crippen LogP contribution in [0.3, 0.4) is 0 Å². The second-order valence-corrected chi connectivity index (χ2v) is 4.82. The number of benzene rings is 1. The molecule has 0 amide bonds. The van der Waals surface area contributed by atoms with Crippen molar-refractivity contribution in [1.82, 2.24) is 9.55 Å². The number of nitriles is 1. The second-order valence-electron chi connectivity index (χ2n) is 3.88. The van der Waals surface area contributed by atoms with E-state index in [1.807, 2.05) is 13.0 Å². The van der Waals surface area contributed by atoms with Crippen LogP contribution in [0.1, 0.15) is 11.1 Å². The van der Waals surface area contributed by atoms with Crippen LogP contribution in [0.15, 0.2) is 35.7 Å². The summed E-state index contributed by atoms with van der Waals surface area (Å²) in [5.41, 5.74) is 2.39. The highest BCUT2D eigenvalue weighted by atomic mass is 32.2. The van der Waals surface area contributed by atoms with Crippen LogP contribution in [0.25, 0.3) is 5.69 Å². The molecule has 0 saturated carbocycles. The topological polar surface area (TPSA) is 78.9 Å². The lowest BCUT2D eigenvalue weighted by molar-refractivity contribution is -0.133. The maximum atomic E-state index is 10.6. The van der Waals surface area contributed by atoms with Gasteiger partial charge in [0.1, 0.15) is 0 Å². The zero-order valence-corrected chi connectivity index (χ0v) is 11.0. The fourth-order valence-electron chi connectivity index (χ4n) is 1.64. The van der Waals surface area contributed by atoms with E-state index in [2.05, 4.69) is 11.1 Å². The molecule has 0 bridgehead atoms. The number of hydrogen-bond acceptors (Lipinski definition) is 4. The molecule has 6 heteroatoms. The van der Waals surface area contributed by atoms with Crippen molar-refractivity contribution in [1.29, 1.82) is 5.26 Å². The molecule has 2 rings (SSSR count). The van der Waals surface area contributed by atoms with Gasteiger partial charge in [0, 0.05) is 12.4 Å². The van der Waals surface area contributed by atoms with Crippen molar-refractivity contribution in [2.45, 2.75) is 12.1 Å². The van der Waals surface area contributed by atoms with Crippen LogP contribution in [0.2, 0.25) is 0 Å². The molecule has 0 fully saturated rings. The molecule has 5 nitrogen and oxygen atoms in total. The molecule has 1 aromatic carbocycles. The Kier molecular flexibility index (Phi) is 3.88. The second kappa shape index (κ2) is 5.59. The predicted octanol–water partition coefficient (Wildman–Crippen LogP) is 2.23. The van der Waals surface area contributed by atoms with Crippen LogP contribution in [-0.4, -0.2) is 26.4 Å². The third-order valence-corrected chi connectivity index (χ3v) is 3.48. The zero-order valence-electron chi connectivity index (χ0n) is 10.2. The van der Waals surface area contributed by atoms with Gasteiger partial charge < -0.3 is 5.11 Å². The van der Waals surface area contributed by atoms with Gasteiger partial charge in [-0.1, -0.05) is 17.8 Å². The van der Waals surface area contributed by atoms with E-state index in [1.165, 1.54) is 0 Å². The number of aliphatic carboxylic acids is 1. The Hall–Kier alpha value is -2.26. The van der Waals surface area contributed by atoms with Crippen LogP contribution in [-0.2, 0) is 4.79 Å². The number of hydrogen-bond donors (Lipinski definition) is 1. The molecule has 0 aliphatic carbocycles. The van der Waals surface area contributed by atoms with Crippen LogP contribution in [0.4, 0.5) is 0 Å². The Bertz CT molecular complexity index is 658. The SMILES string of the molecule is Cc1ccc(C#N)cc1-n1ccnc1SCC(=O)O. The van der Waals surface area contributed by atoms with E-state index in [0.29, 0.717) is 10.7 Å². The van der Waals surface area contributed by atoms with Crippen molar-refractivity contribution >= 4 is 17.7 Å². The summed E-state index contributed by atoms with van der Waals surface area (Å²) in [4.78, 5) is 14.7. The third kappa shape index (κ3) is 2.95. The molecule has 96 valence electrons. The Morgan fingerprint density at radius 1 is 1.58 bits per heavy atom. The number of aryl methyl sites for hydroxylation is 1. The summed E-state index contributed by atoms with van der Waals surface area (Å²) >= 11 is 1.15. The fraction of sp³-hybridized carbons (Fsp3) is 0.154. The summed E-state index contributed by atoms with van der Waals surface area (Å²) in [6.45, 7) is 1.93. The first kappa shape index (κ1) is 13.2. The molecule has 1 heterocycles. The summed E-state index contributed by atoms with van der Waals surface area (Å²) in [7, 11) is 0. The quantitative estimate of drug-likeness (QED) is 0.864. The molecule has 0 radical (unpaired) electrons. The molecule has 0 aliphatic heterocycles. The van der Waals surface area contributed by atoms with Gasteiger partial charge in [-0.05, 0) is 24.6 Å². The number of imidazole rings is 1. The highest BCUT2D eigenvalue weighted by molar-refractivity contribution is 7.99. The minimum atomic E-state index is -0.887. The van der Waals surface area contributed by atoms with E-state index < -0.39 is 5.97 Å². The summed E-state index contributed by atoms with van der Waals surface area (Å²) in [6.07, 6.45) is 3.37. The van der Waals surface area contributed by atoms with Crippen molar-refractivity contribution in [3.05, 3.63) is 41.7 Å². The third-order valence-electron chi connectivity index (χ3n) is 2.53. The molecule has 0 spiro atoms. The molecule has 0 unspecified atom stereocenters. The molecule has 1 N–H and O–H groups in total. The number of carboxylic acids is 1. The van der Waals surface area contributed by atoms with Crippen molar-refractivity contribution in [3.63, 3.8) is 0 Å². The Morgan fingerprint density at radius 2 is 2.37 bits per heavy atom. The van der Waals surface area contributed by atoms with Crippen LogP contribution in [0.5, 0.6) is 0 Å². The van der Waals surface area contributed by atoms with Gasteiger partial charge in [-0.15, -0.1) is 0 Å². The van der Waals surface area contributed by atoms with E-state index >= 15 is 0 Å². The number of carbonyl (C=O) groups is 1.